The highest BCUT2D eigenvalue weighted by Gasteiger charge is 2.53. The predicted octanol–water partition coefficient (Wildman–Crippen LogP) is 1.41. The zero-order valence-corrected chi connectivity index (χ0v) is 8.05. The molecule has 3 fully saturated rings. The lowest BCUT2D eigenvalue weighted by molar-refractivity contribution is -0.128. The Morgan fingerprint density at radius 1 is 1.50 bits per heavy atom. The second kappa shape index (κ2) is 2.24. The van der Waals surface area contributed by atoms with Gasteiger partial charge in [-0.25, -0.2) is 0 Å². The van der Waals surface area contributed by atoms with Crippen LogP contribution in [0.25, 0.3) is 0 Å². The molecule has 68 valence electrons. The van der Waals surface area contributed by atoms with Gasteiger partial charge in [-0.15, -0.1) is 0 Å². The van der Waals surface area contributed by atoms with E-state index in [1.165, 1.54) is 6.42 Å². The Balaban J connectivity index is 2.24. The number of nitrogens with one attached hydrogen (secondary N) is 1. The van der Waals surface area contributed by atoms with Crippen LogP contribution in [0.15, 0.2) is 0 Å². The van der Waals surface area contributed by atoms with Crippen LogP contribution >= 0.6 is 0 Å². The number of amides is 1. The topological polar surface area (TPSA) is 29.1 Å². The first-order chi connectivity index (χ1) is 5.53. The molecule has 3 unspecified atom stereocenters. The van der Waals surface area contributed by atoms with Gasteiger partial charge in [0.25, 0.3) is 0 Å². The molecule has 3 aliphatic rings. The van der Waals surface area contributed by atoms with Gasteiger partial charge in [0.15, 0.2) is 0 Å². The second-order valence-corrected chi connectivity index (χ2v) is 4.89. The van der Waals surface area contributed by atoms with Crippen LogP contribution in [0.4, 0.5) is 0 Å². The van der Waals surface area contributed by atoms with Crippen molar-refractivity contribution in [1.82, 2.24) is 5.32 Å². The number of carbonyl (C=O) groups is 1. The highest BCUT2D eigenvalue weighted by molar-refractivity contribution is 5.79. The number of hydrogen-bond acceptors (Lipinski definition) is 1. The summed E-state index contributed by atoms with van der Waals surface area (Å²) in [6.07, 6.45) is 1.24. The summed E-state index contributed by atoms with van der Waals surface area (Å²) >= 11 is 0. The average molecular weight is 167 g/mol. The van der Waals surface area contributed by atoms with Crippen LogP contribution in [0.1, 0.15) is 27.2 Å². The number of fused-ring (bicyclic) bond motifs is 3. The fraction of sp³-hybridized carbons (Fsp3) is 0.900. The van der Waals surface area contributed by atoms with Crippen molar-refractivity contribution in [2.45, 2.75) is 27.2 Å². The summed E-state index contributed by atoms with van der Waals surface area (Å²) in [7, 11) is 0. The minimum absolute atomic E-state index is 0.221. The van der Waals surface area contributed by atoms with Gasteiger partial charge in [0, 0.05) is 12.5 Å². The molecule has 0 aromatic heterocycles. The molecule has 1 aliphatic carbocycles. The molecule has 2 saturated heterocycles. The molecule has 1 amide bonds. The molecule has 2 heterocycles. The van der Waals surface area contributed by atoms with Crippen molar-refractivity contribution in [3.05, 3.63) is 0 Å². The van der Waals surface area contributed by atoms with Crippen LogP contribution in [-0.2, 0) is 4.79 Å². The van der Waals surface area contributed by atoms with Crippen molar-refractivity contribution in [1.29, 1.82) is 0 Å². The highest BCUT2D eigenvalue weighted by Crippen LogP contribution is 2.55. The highest BCUT2D eigenvalue weighted by atomic mass is 16.1. The Morgan fingerprint density at radius 2 is 2.17 bits per heavy atom. The van der Waals surface area contributed by atoms with Crippen molar-refractivity contribution in [2.24, 2.45) is 23.2 Å². The third-order valence-corrected chi connectivity index (χ3v) is 4.09. The van der Waals surface area contributed by atoms with Crippen molar-refractivity contribution >= 4 is 5.91 Å². The molecule has 3 rings (SSSR count). The summed E-state index contributed by atoms with van der Waals surface area (Å²) in [6, 6.07) is 0. The van der Waals surface area contributed by atoms with Gasteiger partial charge < -0.3 is 5.32 Å². The second-order valence-electron chi connectivity index (χ2n) is 4.89. The molecule has 1 saturated carbocycles. The van der Waals surface area contributed by atoms with Gasteiger partial charge in [-0.2, -0.15) is 0 Å². The van der Waals surface area contributed by atoms with Gasteiger partial charge in [-0.1, -0.05) is 20.8 Å². The predicted molar refractivity (Wildman–Crippen MR) is 47.6 cm³/mol. The van der Waals surface area contributed by atoms with Crippen LogP contribution in [0.3, 0.4) is 0 Å². The summed E-state index contributed by atoms with van der Waals surface area (Å²) < 4.78 is 0. The van der Waals surface area contributed by atoms with Gasteiger partial charge in [-0.05, 0) is 23.7 Å². The van der Waals surface area contributed by atoms with Crippen molar-refractivity contribution in [3.63, 3.8) is 0 Å². The van der Waals surface area contributed by atoms with E-state index in [2.05, 4.69) is 26.1 Å². The largest absolute Gasteiger partial charge is 0.356 e. The molecule has 1 N–H and O–H groups in total. The summed E-state index contributed by atoms with van der Waals surface area (Å²) in [5, 5.41) is 3.00. The van der Waals surface area contributed by atoms with Gasteiger partial charge in [-0.3, -0.25) is 4.79 Å². The molecule has 12 heavy (non-hydrogen) atoms. The first kappa shape index (κ1) is 8.09. The fourth-order valence-electron chi connectivity index (χ4n) is 2.82. The smallest absolute Gasteiger partial charge is 0.223 e. The Kier molecular flexibility index (Phi) is 1.51. The Hall–Kier alpha value is -0.530. The van der Waals surface area contributed by atoms with Crippen LogP contribution in [0, 0.1) is 23.2 Å². The van der Waals surface area contributed by atoms with Gasteiger partial charge in [0.1, 0.15) is 0 Å². The van der Waals surface area contributed by atoms with Crippen molar-refractivity contribution in [2.75, 3.05) is 6.54 Å². The lowest BCUT2D eigenvalue weighted by Crippen LogP contribution is -2.48. The maximum atomic E-state index is 11.4. The van der Waals surface area contributed by atoms with E-state index >= 15 is 0 Å². The SMILES string of the molecule is CC1C(=O)NCC2CC1C2(C)C. The molecule has 0 spiro atoms. The molecular formula is C10H17NO. The fourth-order valence-corrected chi connectivity index (χ4v) is 2.82. The van der Waals surface area contributed by atoms with E-state index in [0.29, 0.717) is 11.3 Å². The quantitative estimate of drug-likeness (QED) is 0.580. The summed E-state index contributed by atoms with van der Waals surface area (Å²) in [5.41, 5.74) is 0.387. The average Bonchev–Trinajstić information content (AvgIpc) is 2.18. The molecule has 0 radical (unpaired) electrons. The lowest BCUT2D eigenvalue weighted by Gasteiger charge is -2.52. The third-order valence-electron chi connectivity index (χ3n) is 4.09. The number of carbonyl (C=O) groups excluding carboxylic acids is 1. The molecule has 2 nitrogen and oxygen atoms in total. The van der Waals surface area contributed by atoms with Gasteiger partial charge in [0.05, 0.1) is 0 Å². The van der Waals surface area contributed by atoms with Crippen molar-refractivity contribution < 1.29 is 4.79 Å². The maximum Gasteiger partial charge on any atom is 0.223 e. The Morgan fingerprint density at radius 3 is 2.75 bits per heavy atom. The van der Waals surface area contributed by atoms with E-state index in [1.54, 1.807) is 0 Å². The van der Waals surface area contributed by atoms with Gasteiger partial charge in [0.2, 0.25) is 5.91 Å². The Bertz CT molecular complexity index is 222. The van der Waals surface area contributed by atoms with E-state index < -0.39 is 0 Å². The first-order valence-corrected chi connectivity index (χ1v) is 4.81. The lowest BCUT2D eigenvalue weighted by atomic mass is 9.52. The molecule has 0 aromatic rings. The molecule has 2 bridgehead atoms. The minimum Gasteiger partial charge on any atom is -0.356 e. The third kappa shape index (κ3) is 0.838. The standard InChI is InChI=1S/C10H17NO/c1-6-8-4-7(10(8,2)3)5-11-9(6)12/h6-8H,4-5H2,1-3H3,(H,11,12). The zero-order valence-electron chi connectivity index (χ0n) is 8.05. The van der Waals surface area contributed by atoms with E-state index in [1.807, 2.05) is 0 Å². The summed E-state index contributed by atoms with van der Waals surface area (Å²) in [4.78, 5) is 11.4. The first-order valence-electron chi connectivity index (χ1n) is 4.81. The van der Waals surface area contributed by atoms with Crippen LogP contribution in [0.2, 0.25) is 0 Å². The number of rotatable bonds is 0. The number of hydrogen-bond donors (Lipinski definition) is 1. The molecule has 3 atom stereocenters. The summed E-state index contributed by atoms with van der Waals surface area (Å²) in [5.74, 6) is 1.81. The van der Waals surface area contributed by atoms with Crippen molar-refractivity contribution in [3.8, 4) is 0 Å². The molecule has 2 heteroatoms. The van der Waals surface area contributed by atoms with Gasteiger partial charge >= 0.3 is 0 Å². The van der Waals surface area contributed by atoms with Crippen LogP contribution < -0.4 is 5.32 Å². The monoisotopic (exact) mass is 167 g/mol. The van der Waals surface area contributed by atoms with E-state index in [-0.39, 0.29) is 11.8 Å². The molecule has 2 aliphatic heterocycles. The van der Waals surface area contributed by atoms with Crippen LogP contribution in [0.5, 0.6) is 0 Å². The zero-order chi connectivity index (χ0) is 8.93. The minimum atomic E-state index is 0.221. The van der Waals surface area contributed by atoms with E-state index in [9.17, 15) is 4.79 Å². The van der Waals surface area contributed by atoms with Crippen LogP contribution in [-0.4, -0.2) is 12.5 Å². The molecule has 0 aromatic carbocycles. The van der Waals surface area contributed by atoms with E-state index in [0.717, 1.165) is 12.5 Å². The van der Waals surface area contributed by atoms with E-state index in [4.69, 9.17) is 0 Å². The normalized spacial score (nSPS) is 44.2. The molecular weight excluding hydrogens is 150 g/mol. The Labute approximate surface area is 73.7 Å². The summed E-state index contributed by atoms with van der Waals surface area (Å²) in [6.45, 7) is 7.54. The maximum absolute atomic E-state index is 11.4.